The van der Waals surface area contributed by atoms with Gasteiger partial charge in [0.2, 0.25) is 0 Å². The average Bonchev–Trinajstić information content (AvgIpc) is 1.80. The average molecular weight is 214 g/mol. The molecule has 0 aromatic heterocycles. The summed E-state index contributed by atoms with van der Waals surface area (Å²) >= 11 is 0. The summed E-state index contributed by atoms with van der Waals surface area (Å²) in [6.07, 6.45) is 0. The van der Waals surface area contributed by atoms with Crippen molar-refractivity contribution in [1.29, 1.82) is 0 Å². The standard InChI is InChI=1S/C6H9BO6.Na.H2.H/c1-4(8)11-7(12-5(2)9)13-6(3)10;;;/h1-3H3;;1H;/q;+1;;-1. The first-order chi connectivity index (χ1) is 5.91. The number of carbonyl (C=O) groups is 3. The van der Waals surface area contributed by atoms with Gasteiger partial charge < -0.3 is 15.4 Å². The normalized spacial score (nSPS) is 7.93. The van der Waals surface area contributed by atoms with Crippen LogP contribution in [-0.4, -0.2) is 25.2 Å². The molecule has 0 rings (SSSR count). The zero-order valence-corrected chi connectivity index (χ0v) is 10.5. The molecule has 0 bridgehead atoms. The molecular weight excluding hydrogens is 202 g/mol. The Labute approximate surface area is 107 Å². The summed E-state index contributed by atoms with van der Waals surface area (Å²) in [7, 11) is -1.59. The van der Waals surface area contributed by atoms with E-state index in [4.69, 9.17) is 0 Å². The van der Waals surface area contributed by atoms with Crippen molar-refractivity contribution in [2.45, 2.75) is 20.8 Å². The molecule has 0 amide bonds. The summed E-state index contributed by atoms with van der Waals surface area (Å²) in [5, 5.41) is 0. The minimum atomic E-state index is -1.59. The predicted octanol–water partition coefficient (Wildman–Crippen LogP) is -2.98. The molecular formula is C6H12BNaO6. The van der Waals surface area contributed by atoms with E-state index in [9.17, 15) is 14.4 Å². The molecule has 14 heavy (non-hydrogen) atoms. The smallest absolute Gasteiger partial charge is 1.00 e. The second kappa shape index (κ2) is 7.84. The van der Waals surface area contributed by atoms with Crippen molar-refractivity contribution in [3.8, 4) is 0 Å². The van der Waals surface area contributed by atoms with Gasteiger partial charge in [0.25, 0.3) is 17.9 Å². The summed E-state index contributed by atoms with van der Waals surface area (Å²) in [5.41, 5.74) is 0. The van der Waals surface area contributed by atoms with Crippen LogP contribution in [0.4, 0.5) is 0 Å². The van der Waals surface area contributed by atoms with E-state index in [0.29, 0.717) is 0 Å². The van der Waals surface area contributed by atoms with Crippen LogP contribution in [0.3, 0.4) is 0 Å². The topological polar surface area (TPSA) is 78.9 Å². The Hall–Kier alpha value is -0.525. The third kappa shape index (κ3) is 9.56. The van der Waals surface area contributed by atoms with Gasteiger partial charge in [-0.1, -0.05) is 0 Å². The van der Waals surface area contributed by atoms with E-state index in [0.717, 1.165) is 20.8 Å². The number of carbonyl (C=O) groups excluding carboxylic acids is 3. The molecule has 0 aromatic carbocycles. The fraction of sp³-hybridized carbons (Fsp3) is 0.500. The van der Waals surface area contributed by atoms with Gasteiger partial charge in [0.15, 0.2) is 0 Å². The fourth-order valence-electron chi connectivity index (χ4n) is 0.479. The largest absolute Gasteiger partial charge is 1.00 e. The van der Waals surface area contributed by atoms with Gasteiger partial charge >= 0.3 is 36.9 Å². The summed E-state index contributed by atoms with van der Waals surface area (Å²) in [6.45, 7) is 3.29. The summed E-state index contributed by atoms with van der Waals surface area (Å²) in [5.74, 6) is -2.15. The predicted molar refractivity (Wildman–Crippen MR) is 44.3 cm³/mol. The molecule has 0 saturated heterocycles. The summed E-state index contributed by atoms with van der Waals surface area (Å²) < 4.78 is 13.0. The molecule has 0 aliphatic heterocycles. The second-order valence-corrected chi connectivity index (χ2v) is 2.12. The maximum absolute atomic E-state index is 10.4. The minimum absolute atomic E-state index is 0. The van der Waals surface area contributed by atoms with Gasteiger partial charge in [-0.05, 0) is 0 Å². The third-order valence-corrected chi connectivity index (χ3v) is 0.787. The van der Waals surface area contributed by atoms with Crippen LogP contribution in [0.25, 0.3) is 0 Å². The van der Waals surface area contributed by atoms with Crippen molar-refractivity contribution in [2.75, 3.05) is 0 Å². The van der Waals surface area contributed by atoms with Crippen LogP contribution in [0, 0.1) is 0 Å². The van der Waals surface area contributed by atoms with E-state index in [-0.39, 0.29) is 32.4 Å². The summed E-state index contributed by atoms with van der Waals surface area (Å²) in [4.78, 5) is 31.2. The molecule has 0 radical (unpaired) electrons. The molecule has 0 unspecified atom stereocenters. The maximum atomic E-state index is 10.4. The van der Waals surface area contributed by atoms with Crippen molar-refractivity contribution in [2.24, 2.45) is 0 Å². The van der Waals surface area contributed by atoms with E-state index in [1.54, 1.807) is 0 Å². The molecule has 0 aromatic rings. The number of hydrogen-bond donors (Lipinski definition) is 0. The van der Waals surface area contributed by atoms with Crippen molar-refractivity contribution < 1.29 is 60.8 Å². The Kier molecular flexibility index (Phi) is 8.92. The third-order valence-electron chi connectivity index (χ3n) is 0.787. The van der Waals surface area contributed by atoms with Crippen LogP contribution in [0.2, 0.25) is 0 Å². The molecule has 0 aliphatic carbocycles. The minimum Gasteiger partial charge on any atom is -1.00 e. The van der Waals surface area contributed by atoms with Gasteiger partial charge in [-0.2, -0.15) is 0 Å². The van der Waals surface area contributed by atoms with Crippen LogP contribution in [-0.2, 0) is 28.3 Å². The molecule has 0 spiro atoms. The van der Waals surface area contributed by atoms with Crippen molar-refractivity contribution >= 4 is 25.2 Å². The molecule has 0 aliphatic rings. The van der Waals surface area contributed by atoms with Crippen LogP contribution < -0.4 is 29.6 Å². The molecule has 8 heteroatoms. The monoisotopic (exact) mass is 214 g/mol. The summed E-state index contributed by atoms with van der Waals surface area (Å²) in [6, 6.07) is 0. The van der Waals surface area contributed by atoms with Gasteiger partial charge in [-0.3, -0.25) is 14.4 Å². The van der Waals surface area contributed by atoms with Crippen molar-refractivity contribution in [3.05, 3.63) is 0 Å². The van der Waals surface area contributed by atoms with Gasteiger partial charge in [-0.15, -0.1) is 0 Å². The fourth-order valence-corrected chi connectivity index (χ4v) is 0.479. The van der Waals surface area contributed by atoms with Gasteiger partial charge in [0.05, 0.1) is 0 Å². The van der Waals surface area contributed by atoms with Crippen molar-refractivity contribution in [1.82, 2.24) is 0 Å². The van der Waals surface area contributed by atoms with E-state index < -0.39 is 25.2 Å². The van der Waals surface area contributed by atoms with E-state index >= 15 is 0 Å². The molecule has 0 N–H and O–H groups in total. The van der Waals surface area contributed by atoms with Gasteiger partial charge in [-0.25, -0.2) is 0 Å². The number of rotatable bonds is 3. The zero-order valence-electron chi connectivity index (χ0n) is 9.53. The molecule has 0 saturated carbocycles. The SMILES string of the molecule is CC(=O)OB(OC(C)=O)OC(C)=O.[H-].[HH].[Na+]. The molecule has 76 valence electrons. The van der Waals surface area contributed by atoms with Crippen LogP contribution in [0.5, 0.6) is 0 Å². The first-order valence-corrected chi connectivity index (χ1v) is 3.43. The second-order valence-electron chi connectivity index (χ2n) is 2.12. The Balaban J connectivity index is -0.000000240. The Morgan fingerprint density at radius 3 is 1.29 bits per heavy atom. The van der Waals surface area contributed by atoms with Crippen LogP contribution in [0.15, 0.2) is 0 Å². The van der Waals surface area contributed by atoms with E-state index in [1.807, 2.05) is 0 Å². The quantitative estimate of drug-likeness (QED) is 0.466. The van der Waals surface area contributed by atoms with E-state index in [2.05, 4.69) is 14.0 Å². The first kappa shape index (κ1) is 15.9. The Bertz CT molecular complexity index is 201. The first-order valence-electron chi connectivity index (χ1n) is 3.43. The number of hydrogen-bond acceptors (Lipinski definition) is 6. The van der Waals surface area contributed by atoms with Crippen LogP contribution >= 0.6 is 0 Å². The van der Waals surface area contributed by atoms with Crippen LogP contribution in [0.1, 0.15) is 23.6 Å². The maximum Gasteiger partial charge on any atom is 1.00 e. The zero-order chi connectivity index (χ0) is 10.4. The molecule has 0 heterocycles. The van der Waals surface area contributed by atoms with Crippen molar-refractivity contribution in [3.63, 3.8) is 0 Å². The van der Waals surface area contributed by atoms with E-state index in [1.165, 1.54) is 0 Å². The van der Waals surface area contributed by atoms with Gasteiger partial charge in [0, 0.05) is 22.2 Å². The molecule has 0 fully saturated rings. The van der Waals surface area contributed by atoms with Gasteiger partial charge in [0.1, 0.15) is 0 Å². The Morgan fingerprint density at radius 1 is 0.929 bits per heavy atom. The molecule has 0 atom stereocenters. The Morgan fingerprint density at radius 2 is 1.14 bits per heavy atom. The molecule has 6 nitrogen and oxygen atoms in total.